The highest BCUT2D eigenvalue weighted by molar-refractivity contribution is 6.32. The minimum Gasteiger partial charge on any atom is -0.396 e. The minimum absolute atomic E-state index is 0.0605. The molecular formula is C12H17ClN2O2. The first kappa shape index (κ1) is 13.9. The number of nitrogens with zero attached hydrogens (tertiary/aromatic N) is 2. The number of halogens is 1. The van der Waals surface area contributed by atoms with Crippen molar-refractivity contribution in [1.82, 2.24) is 9.88 Å². The van der Waals surface area contributed by atoms with E-state index in [0.717, 1.165) is 0 Å². The van der Waals surface area contributed by atoms with Crippen LogP contribution in [0.4, 0.5) is 0 Å². The maximum atomic E-state index is 12.2. The molecule has 0 saturated heterocycles. The van der Waals surface area contributed by atoms with Gasteiger partial charge in [-0.25, -0.2) is 4.98 Å². The van der Waals surface area contributed by atoms with Crippen LogP contribution in [0.2, 0.25) is 5.15 Å². The van der Waals surface area contributed by atoms with Crippen LogP contribution < -0.4 is 0 Å². The Morgan fingerprint density at radius 1 is 1.59 bits per heavy atom. The third-order valence-electron chi connectivity index (χ3n) is 2.43. The predicted molar refractivity (Wildman–Crippen MR) is 67.1 cm³/mol. The summed E-state index contributed by atoms with van der Waals surface area (Å²) in [5.41, 5.74) is 0.404. The van der Waals surface area contributed by atoms with Crippen LogP contribution in [0, 0.1) is 0 Å². The van der Waals surface area contributed by atoms with Crippen LogP contribution in [0.1, 0.15) is 30.6 Å². The van der Waals surface area contributed by atoms with Crippen molar-refractivity contribution in [3.63, 3.8) is 0 Å². The van der Waals surface area contributed by atoms with Gasteiger partial charge in [0.05, 0.1) is 5.56 Å². The van der Waals surface area contributed by atoms with Gasteiger partial charge < -0.3 is 10.0 Å². The van der Waals surface area contributed by atoms with Gasteiger partial charge in [0.1, 0.15) is 5.15 Å². The van der Waals surface area contributed by atoms with Crippen LogP contribution in [-0.4, -0.2) is 40.1 Å². The molecule has 0 unspecified atom stereocenters. The molecule has 0 radical (unpaired) electrons. The highest BCUT2D eigenvalue weighted by Crippen LogP contribution is 2.16. The largest absolute Gasteiger partial charge is 0.396 e. The summed E-state index contributed by atoms with van der Waals surface area (Å²) in [7, 11) is 0. The van der Waals surface area contributed by atoms with Gasteiger partial charge in [-0.2, -0.15) is 0 Å². The molecule has 94 valence electrons. The molecule has 0 spiro atoms. The van der Waals surface area contributed by atoms with Crippen LogP contribution in [0.5, 0.6) is 0 Å². The molecule has 1 rings (SSSR count). The number of amides is 1. The number of aromatic nitrogens is 1. The normalized spacial score (nSPS) is 10.6. The molecule has 0 fully saturated rings. The molecule has 5 heteroatoms. The summed E-state index contributed by atoms with van der Waals surface area (Å²) in [6.45, 7) is 4.44. The number of pyridine rings is 1. The topological polar surface area (TPSA) is 53.4 Å². The smallest absolute Gasteiger partial charge is 0.257 e. The third kappa shape index (κ3) is 3.68. The molecule has 1 heterocycles. The molecule has 4 nitrogen and oxygen atoms in total. The molecule has 0 aromatic carbocycles. The van der Waals surface area contributed by atoms with Crippen molar-refractivity contribution in [2.24, 2.45) is 0 Å². The van der Waals surface area contributed by atoms with Gasteiger partial charge in [0.15, 0.2) is 0 Å². The summed E-state index contributed by atoms with van der Waals surface area (Å²) in [6, 6.07) is 3.40. The Bertz CT molecular complexity index is 383. The lowest BCUT2D eigenvalue weighted by atomic mass is 10.2. The zero-order valence-electron chi connectivity index (χ0n) is 10.1. The molecule has 0 aliphatic carbocycles. The van der Waals surface area contributed by atoms with Gasteiger partial charge in [0.2, 0.25) is 0 Å². The molecular weight excluding hydrogens is 240 g/mol. The number of rotatable bonds is 5. The average Bonchev–Trinajstić information content (AvgIpc) is 2.29. The first-order valence-corrected chi connectivity index (χ1v) is 5.98. The van der Waals surface area contributed by atoms with Crippen LogP contribution in [0.15, 0.2) is 18.3 Å². The number of aliphatic hydroxyl groups excluding tert-OH is 1. The summed E-state index contributed by atoms with van der Waals surface area (Å²) in [4.78, 5) is 17.8. The fraction of sp³-hybridized carbons (Fsp3) is 0.500. The van der Waals surface area contributed by atoms with E-state index in [-0.39, 0.29) is 23.7 Å². The van der Waals surface area contributed by atoms with Crippen molar-refractivity contribution in [2.45, 2.75) is 26.3 Å². The fourth-order valence-electron chi connectivity index (χ4n) is 1.54. The third-order valence-corrected chi connectivity index (χ3v) is 2.73. The molecule has 0 aliphatic heterocycles. The lowest BCUT2D eigenvalue weighted by molar-refractivity contribution is 0.0693. The molecule has 0 bridgehead atoms. The van der Waals surface area contributed by atoms with Crippen LogP contribution >= 0.6 is 11.6 Å². The van der Waals surface area contributed by atoms with E-state index in [2.05, 4.69) is 4.98 Å². The predicted octanol–water partition coefficient (Wildman–Crippen LogP) is 1.97. The first-order chi connectivity index (χ1) is 8.07. The number of carbonyl (C=O) groups excluding carboxylic acids is 1. The Morgan fingerprint density at radius 2 is 2.29 bits per heavy atom. The van der Waals surface area contributed by atoms with E-state index < -0.39 is 0 Å². The van der Waals surface area contributed by atoms with Crippen molar-refractivity contribution in [3.8, 4) is 0 Å². The second-order valence-corrected chi connectivity index (χ2v) is 4.37. The van der Waals surface area contributed by atoms with Gasteiger partial charge in [0, 0.05) is 25.4 Å². The molecule has 0 saturated carbocycles. The summed E-state index contributed by atoms with van der Waals surface area (Å²) in [6.07, 6.45) is 2.11. The Kier molecular flexibility index (Phi) is 5.38. The maximum Gasteiger partial charge on any atom is 0.257 e. The van der Waals surface area contributed by atoms with E-state index in [1.54, 1.807) is 23.2 Å². The second-order valence-electron chi connectivity index (χ2n) is 4.01. The van der Waals surface area contributed by atoms with Crippen molar-refractivity contribution >= 4 is 17.5 Å². The van der Waals surface area contributed by atoms with E-state index in [1.807, 2.05) is 13.8 Å². The van der Waals surface area contributed by atoms with E-state index in [4.69, 9.17) is 16.7 Å². The van der Waals surface area contributed by atoms with Gasteiger partial charge >= 0.3 is 0 Å². The van der Waals surface area contributed by atoms with Crippen molar-refractivity contribution in [2.75, 3.05) is 13.2 Å². The van der Waals surface area contributed by atoms with Crippen LogP contribution in [-0.2, 0) is 0 Å². The Morgan fingerprint density at radius 3 is 2.82 bits per heavy atom. The maximum absolute atomic E-state index is 12.2. The zero-order chi connectivity index (χ0) is 12.8. The summed E-state index contributed by atoms with van der Waals surface area (Å²) < 4.78 is 0. The molecule has 1 N–H and O–H groups in total. The monoisotopic (exact) mass is 256 g/mol. The average molecular weight is 257 g/mol. The number of carbonyl (C=O) groups is 1. The molecule has 1 aromatic heterocycles. The molecule has 0 atom stereocenters. The van der Waals surface area contributed by atoms with Crippen molar-refractivity contribution < 1.29 is 9.90 Å². The lowest BCUT2D eigenvalue weighted by Crippen LogP contribution is -2.38. The zero-order valence-corrected chi connectivity index (χ0v) is 10.8. The number of aliphatic hydroxyl groups is 1. The highest BCUT2D eigenvalue weighted by atomic mass is 35.5. The van der Waals surface area contributed by atoms with E-state index in [9.17, 15) is 4.79 Å². The second kappa shape index (κ2) is 6.57. The highest BCUT2D eigenvalue weighted by Gasteiger charge is 2.20. The van der Waals surface area contributed by atoms with Crippen molar-refractivity contribution in [1.29, 1.82) is 0 Å². The van der Waals surface area contributed by atoms with E-state index >= 15 is 0 Å². The quantitative estimate of drug-likeness (QED) is 0.820. The van der Waals surface area contributed by atoms with E-state index in [1.165, 1.54) is 0 Å². The first-order valence-electron chi connectivity index (χ1n) is 5.60. The summed E-state index contributed by atoms with van der Waals surface area (Å²) in [5.74, 6) is -0.147. The molecule has 1 amide bonds. The number of hydrogen-bond acceptors (Lipinski definition) is 3. The van der Waals surface area contributed by atoms with Crippen molar-refractivity contribution in [3.05, 3.63) is 29.0 Å². The molecule has 1 aromatic rings. The van der Waals surface area contributed by atoms with Gasteiger partial charge in [-0.3, -0.25) is 4.79 Å². The van der Waals surface area contributed by atoms with Gasteiger partial charge in [0.25, 0.3) is 5.91 Å². The SMILES string of the molecule is CC(C)N(CCCO)C(=O)c1cccnc1Cl. The minimum atomic E-state index is -0.147. The fourth-order valence-corrected chi connectivity index (χ4v) is 1.74. The Balaban J connectivity index is 2.88. The Labute approximate surface area is 106 Å². The molecule has 17 heavy (non-hydrogen) atoms. The van der Waals surface area contributed by atoms with Gasteiger partial charge in [-0.15, -0.1) is 0 Å². The van der Waals surface area contributed by atoms with Crippen LogP contribution in [0.3, 0.4) is 0 Å². The Hall–Kier alpha value is -1.13. The standard InChI is InChI=1S/C12H17ClN2O2/c1-9(2)15(7-4-8-16)12(17)10-5-3-6-14-11(10)13/h3,5-6,9,16H,4,7-8H2,1-2H3. The molecule has 0 aliphatic rings. The summed E-state index contributed by atoms with van der Waals surface area (Å²) >= 11 is 5.89. The number of hydrogen-bond donors (Lipinski definition) is 1. The van der Waals surface area contributed by atoms with Crippen LogP contribution in [0.25, 0.3) is 0 Å². The van der Waals surface area contributed by atoms with Gasteiger partial charge in [-0.1, -0.05) is 11.6 Å². The van der Waals surface area contributed by atoms with E-state index in [0.29, 0.717) is 18.5 Å². The van der Waals surface area contributed by atoms with Gasteiger partial charge in [-0.05, 0) is 32.4 Å². The lowest BCUT2D eigenvalue weighted by Gasteiger charge is -2.26. The summed E-state index contributed by atoms with van der Waals surface area (Å²) in [5, 5.41) is 9.04.